The molecule has 16 heavy (non-hydrogen) atoms. The van der Waals surface area contributed by atoms with Crippen molar-refractivity contribution in [1.29, 1.82) is 0 Å². The monoisotopic (exact) mass is 240 g/mol. The molecular formula is C13H21ClN2. The van der Waals surface area contributed by atoms with Crippen molar-refractivity contribution >= 4 is 17.3 Å². The summed E-state index contributed by atoms with van der Waals surface area (Å²) in [6.45, 7) is 5.04. The van der Waals surface area contributed by atoms with Gasteiger partial charge in [-0.2, -0.15) is 0 Å². The van der Waals surface area contributed by atoms with Crippen molar-refractivity contribution in [3.63, 3.8) is 0 Å². The molecule has 0 aromatic heterocycles. The minimum absolute atomic E-state index is 0.483. The maximum atomic E-state index is 6.28. The van der Waals surface area contributed by atoms with Crippen molar-refractivity contribution in [2.45, 2.75) is 32.7 Å². The Labute approximate surface area is 103 Å². The van der Waals surface area contributed by atoms with E-state index in [0.717, 1.165) is 23.6 Å². The van der Waals surface area contributed by atoms with E-state index in [-0.39, 0.29) is 0 Å². The zero-order chi connectivity index (χ0) is 12.1. The first-order valence-corrected chi connectivity index (χ1v) is 6.19. The van der Waals surface area contributed by atoms with Crippen LogP contribution in [0.4, 0.5) is 5.69 Å². The van der Waals surface area contributed by atoms with E-state index in [0.29, 0.717) is 12.6 Å². The Balaban J connectivity index is 3.08. The highest BCUT2D eigenvalue weighted by atomic mass is 35.5. The molecule has 3 heteroatoms. The second-order valence-corrected chi connectivity index (χ2v) is 4.56. The molecule has 1 unspecified atom stereocenters. The molecule has 2 N–H and O–H groups in total. The number of halogens is 1. The van der Waals surface area contributed by atoms with Crippen LogP contribution in [0.15, 0.2) is 18.2 Å². The summed E-state index contributed by atoms with van der Waals surface area (Å²) in [5.74, 6) is 0. The standard InChI is InChI=1S/C13H21ClN2/c1-4-10(2)16(3)13-11(8-9-15)6-5-7-12(13)14/h5-7,10H,4,8-9,15H2,1-3H3. The van der Waals surface area contributed by atoms with Gasteiger partial charge in [0.2, 0.25) is 0 Å². The highest BCUT2D eigenvalue weighted by Gasteiger charge is 2.14. The van der Waals surface area contributed by atoms with Gasteiger partial charge in [-0.05, 0) is 37.9 Å². The molecule has 0 aliphatic carbocycles. The van der Waals surface area contributed by atoms with E-state index in [9.17, 15) is 0 Å². The fourth-order valence-corrected chi connectivity index (χ4v) is 2.13. The number of rotatable bonds is 5. The lowest BCUT2D eigenvalue weighted by atomic mass is 10.1. The van der Waals surface area contributed by atoms with Crippen molar-refractivity contribution < 1.29 is 0 Å². The molecule has 0 bridgehead atoms. The lowest BCUT2D eigenvalue weighted by Gasteiger charge is -2.29. The van der Waals surface area contributed by atoms with Crippen LogP contribution in [-0.4, -0.2) is 19.6 Å². The summed E-state index contributed by atoms with van der Waals surface area (Å²) in [5, 5.41) is 0.814. The minimum atomic E-state index is 0.483. The second-order valence-electron chi connectivity index (χ2n) is 4.15. The third-order valence-electron chi connectivity index (χ3n) is 3.09. The molecule has 1 aromatic rings. The van der Waals surface area contributed by atoms with Crippen LogP contribution in [0.1, 0.15) is 25.8 Å². The van der Waals surface area contributed by atoms with Gasteiger partial charge >= 0.3 is 0 Å². The predicted molar refractivity (Wildman–Crippen MR) is 72.4 cm³/mol. The Morgan fingerprint density at radius 2 is 2.12 bits per heavy atom. The Morgan fingerprint density at radius 3 is 2.69 bits per heavy atom. The van der Waals surface area contributed by atoms with Gasteiger partial charge < -0.3 is 10.6 Å². The van der Waals surface area contributed by atoms with Crippen molar-refractivity contribution in [3.05, 3.63) is 28.8 Å². The molecule has 0 amide bonds. The maximum absolute atomic E-state index is 6.28. The number of benzene rings is 1. The van der Waals surface area contributed by atoms with Gasteiger partial charge in [-0.1, -0.05) is 30.7 Å². The largest absolute Gasteiger partial charge is 0.370 e. The lowest BCUT2D eigenvalue weighted by Crippen LogP contribution is -2.29. The van der Waals surface area contributed by atoms with E-state index in [1.165, 1.54) is 5.56 Å². The third kappa shape index (κ3) is 2.89. The van der Waals surface area contributed by atoms with Crippen molar-refractivity contribution in [2.24, 2.45) is 5.73 Å². The Kier molecular flexibility index (Phi) is 5.10. The van der Waals surface area contributed by atoms with Crippen LogP contribution in [0.5, 0.6) is 0 Å². The molecule has 90 valence electrons. The van der Waals surface area contributed by atoms with Gasteiger partial charge in [0.05, 0.1) is 10.7 Å². The van der Waals surface area contributed by atoms with Gasteiger partial charge in [0.25, 0.3) is 0 Å². The Hall–Kier alpha value is -0.730. The van der Waals surface area contributed by atoms with Crippen LogP contribution in [0, 0.1) is 0 Å². The van der Waals surface area contributed by atoms with Crippen LogP contribution >= 0.6 is 11.6 Å². The van der Waals surface area contributed by atoms with E-state index in [2.05, 4.69) is 31.9 Å². The average molecular weight is 241 g/mol. The Morgan fingerprint density at radius 1 is 1.44 bits per heavy atom. The van der Waals surface area contributed by atoms with Crippen LogP contribution < -0.4 is 10.6 Å². The molecule has 1 atom stereocenters. The number of nitrogens with zero attached hydrogens (tertiary/aromatic N) is 1. The van der Waals surface area contributed by atoms with Crippen LogP contribution in [-0.2, 0) is 6.42 Å². The predicted octanol–water partition coefficient (Wildman–Crippen LogP) is 3.08. The quantitative estimate of drug-likeness (QED) is 0.857. The van der Waals surface area contributed by atoms with E-state index in [1.54, 1.807) is 0 Å². The molecule has 2 nitrogen and oxygen atoms in total. The van der Waals surface area contributed by atoms with E-state index < -0.39 is 0 Å². The number of nitrogens with two attached hydrogens (primary N) is 1. The number of hydrogen-bond acceptors (Lipinski definition) is 2. The first-order valence-electron chi connectivity index (χ1n) is 5.82. The molecule has 0 spiro atoms. The zero-order valence-corrected chi connectivity index (χ0v) is 11.1. The maximum Gasteiger partial charge on any atom is 0.0642 e. The normalized spacial score (nSPS) is 12.6. The van der Waals surface area contributed by atoms with E-state index in [1.807, 2.05) is 12.1 Å². The van der Waals surface area contributed by atoms with Crippen molar-refractivity contribution in [3.8, 4) is 0 Å². The van der Waals surface area contributed by atoms with Crippen LogP contribution in [0.25, 0.3) is 0 Å². The first kappa shape index (κ1) is 13.3. The first-order chi connectivity index (χ1) is 7.61. The Bertz CT molecular complexity index is 339. The molecule has 0 aliphatic rings. The molecule has 1 aromatic carbocycles. The molecule has 0 aliphatic heterocycles. The molecule has 0 heterocycles. The molecule has 0 fully saturated rings. The van der Waals surface area contributed by atoms with Crippen molar-refractivity contribution in [1.82, 2.24) is 0 Å². The summed E-state index contributed by atoms with van der Waals surface area (Å²) in [7, 11) is 2.09. The molecular weight excluding hydrogens is 220 g/mol. The summed E-state index contributed by atoms with van der Waals surface area (Å²) in [6.07, 6.45) is 1.97. The lowest BCUT2D eigenvalue weighted by molar-refractivity contribution is 0.661. The fraction of sp³-hybridized carbons (Fsp3) is 0.538. The van der Waals surface area contributed by atoms with Crippen LogP contribution in [0.2, 0.25) is 5.02 Å². The summed E-state index contributed by atoms with van der Waals surface area (Å²) < 4.78 is 0. The highest BCUT2D eigenvalue weighted by molar-refractivity contribution is 6.33. The average Bonchev–Trinajstić information content (AvgIpc) is 2.28. The summed E-state index contributed by atoms with van der Waals surface area (Å²) in [6, 6.07) is 6.51. The number of para-hydroxylation sites is 1. The van der Waals surface area contributed by atoms with Gasteiger partial charge in [-0.3, -0.25) is 0 Å². The van der Waals surface area contributed by atoms with Crippen molar-refractivity contribution in [2.75, 3.05) is 18.5 Å². The molecule has 1 rings (SSSR count). The minimum Gasteiger partial charge on any atom is -0.370 e. The fourth-order valence-electron chi connectivity index (χ4n) is 1.81. The smallest absolute Gasteiger partial charge is 0.0642 e. The third-order valence-corrected chi connectivity index (χ3v) is 3.39. The molecule has 0 radical (unpaired) electrons. The summed E-state index contributed by atoms with van der Waals surface area (Å²) in [4.78, 5) is 2.24. The summed E-state index contributed by atoms with van der Waals surface area (Å²) >= 11 is 6.28. The van der Waals surface area contributed by atoms with Gasteiger partial charge in [0.15, 0.2) is 0 Å². The van der Waals surface area contributed by atoms with Crippen LogP contribution in [0.3, 0.4) is 0 Å². The number of hydrogen-bond donors (Lipinski definition) is 1. The summed E-state index contributed by atoms with van der Waals surface area (Å²) in [5.41, 5.74) is 7.99. The number of anilines is 1. The molecule has 0 saturated heterocycles. The van der Waals surface area contributed by atoms with E-state index >= 15 is 0 Å². The van der Waals surface area contributed by atoms with E-state index in [4.69, 9.17) is 17.3 Å². The molecule has 0 saturated carbocycles. The topological polar surface area (TPSA) is 29.3 Å². The van der Waals surface area contributed by atoms with Gasteiger partial charge in [-0.15, -0.1) is 0 Å². The van der Waals surface area contributed by atoms with Gasteiger partial charge in [0.1, 0.15) is 0 Å². The zero-order valence-electron chi connectivity index (χ0n) is 10.3. The highest BCUT2D eigenvalue weighted by Crippen LogP contribution is 2.31. The van der Waals surface area contributed by atoms with Gasteiger partial charge in [-0.25, -0.2) is 0 Å². The second kappa shape index (κ2) is 6.12. The SMILES string of the molecule is CCC(C)N(C)c1c(Cl)cccc1CCN. The van der Waals surface area contributed by atoms with Gasteiger partial charge in [0, 0.05) is 13.1 Å².